The van der Waals surface area contributed by atoms with Gasteiger partial charge in [0.05, 0.1) is 11.0 Å². The molecule has 120 valence electrons. The molecule has 23 heavy (non-hydrogen) atoms. The van der Waals surface area contributed by atoms with Crippen LogP contribution in [0.2, 0.25) is 10.0 Å². The lowest BCUT2D eigenvalue weighted by Crippen LogP contribution is -2.27. The van der Waals surface area contributed by atoms with Gasteiger partial charge in [-0.25, -0.2) is 5.43 Å². The zero-order valence-electron chi connectivity index (χ0n) is 12.7. The molecule has 1 atom stereocenters. The molecular weight excluding hydrogens is 351 g/mol. The highest BCUT2D eigenvalue weighted by atomic mass is 35.5. The second-order valence-corrected chi connectivity index (χ2v) is 7.18. The summed E-state index contributed by atoms with van der Waals surface area (Å²) in [6, 6.07) is 14.7. The number of nitrogens with one attached hydrogen (secondary N) is 1. The van der Waals surface area contributed by atoms with E-state index in [9.17, 15) is 4.79 Å². The van der Waals surface area contributed by atoms with Crippen LogP contribution in [0.15, 0.2) is 58.5 Å². The van der Waals surface area contributed by atoms with Gasteiger partial charge in [-0.05, 0) is 55.8 Å². The smallest absolute Gasteiger partial charge is 0.253 e. The van der Waals surface area contributed by atoms with Crippen LogP contribution < -0.4 is 5.43 Å². The summed E-state index contributed by atoms with van der Waals surface area (Å²) < 4.78 is 0. The van der Waals surface area contributed by atoms with Crippen molar-refractivity contribution < 1.29 is 4.79 Å². The number of hydrogen-bond donors (Lipinski definition) is 1. The SMILES string of the molecule is C/C(=N/NC(=O)[C@@H](C)Sc1ccc(Cl)cc1)c1ccc(Cl)cc1. The monoisotopic (exact) mass is 366 g/mol. The summed E-state index contributed by atoms with van der Waals surface area (Å²) in [5, 5.41) is 5.22. The first-order chi connectivity index (χ1) is 11.0. The number of hydrazone groups is 1. The molecular formula is C17H16Cl2N2OS. The largest absolute Gasteiger partial charge is 0.272 e. The van der Waals surface area contributed by atoms with Crippen molar-refractivity contribution in [3.8, 4) is 0 Å². The highest BCUT2D eigenvalue weighted by Crippen LogP contribution is 2.24. The van der Waals surface area contributed by atoms with Gasteiger partial charge < -0.3 is 0 Å². The second-order valence-electron chi connectivity index (χ2n) is 4.89. The fraction of sp³-hybridized carbons (Fsp3) is 0.176. The first-order valence-corrected chi connectivity index (χ1v) is 8.61. The Hall–Kier alpha value is -1.49. The molecule has 0 bridgehead atoms. The first kappa shape index (κ1) is 17.9. The van der Waals surface area contributed by atoms with Crippen LogP contribution in [0.5, 0.6) is 0 Å². The van der Waals surface area contributed by atoms with Gasteiger partial charge in [0.2, 0.25) is 0 Å². The molecule has 0 unspecified atom stereocenters. The number of amides is 1. The molecule has 0 radical (unpaired) electrons. The van der Waals surface area contributed by atoms with E-state index < -0.39 is 0 Å². The van der Waals surface area contributed by atoms with E-state index in [2.05, 4.69) is 10.5 Å². The summed E-state index contributed by atoms with van der Waals surface area (Å²) in [6.45, 7) is 3.67. The van der Waals surface area contributed by atoms with Crippen molar-refractivity contribution in [1.82, 2.24) is 5.43 Å². The Morgan fingerprint density at radius 2 is 1.57 bits per heavy atom. The highest BCUT2D eigenvalue weighted by molar-refractivity contribution is 8.00. The van der Waals surface area contributed by atoms with Crippen LogP contribution in [0.3, 0.4) is 0 Å². The minimum absolute atomic E-state index is 0.154. The third-order valence-corrected chi connectivity index (χ3v) is 4.71. The van der Waals surface area contributed by atoms with Crippen molar-refractivity contribution in [3.05, 3.63) is 64.1 Å². The molecule has 0 saturated carbocycles. The van der Waals surface area contributed by atoms with Crippen molar-refractivity contribution in [2.75, 3.05) is 0 Å². The number of benzene rings is 2. The lowest BCUT2D eigenvalue weighted by Gasteiger charge is -2.10. The van der Waals surface area contributed by atoms with Gasteiger partial charge in [0.15, 0.2) is 0 Å². The zero-order chi connectivity index (χ0) is 16.8. The summed E-state index contributed by atoms with van der Waals surface area (Å²) in [7, 11) is 0. The van der Waals surface area contributed by atoms with Crippen LogP contribution in [0.4, 0.5) is 0 Å². The number of carbonyl (C=O) groups excluding carboxylic acids is 1. The number of thioether (sulfide) groups is 1. The summed E-state index contributed by atoms with van der Waals surface area (Å²) in [4.78, 5) is 13.1. The van der Waals surface area contributed by atoms with Crippen molar-refractivity contribution in [1.29, 1.82) is 0 Å². The molecule has 1 N–H and O–H groups in total. The molecule has 6 heteroatoms. The summed E-state index contributed by atoms with van der Waals surface area (Å²) >= 11 is 13.2. The van der Waals surface area contributed by atoms with E-state index >= 15 is 0 Å². The predicted octanol–water partition coefficient (Wildman–Crippen LogP) is 5.01. The average molecular weight is 367 g/mol. The third-order valence-electron chi connectivity index (χ3n) is 3.09. The predicted molar refractivity (Wildman–Crippen MR) is 98.6 cm³/mol. The molecule has 0 aromatic heterocycles. The van der Waals surface area contributed by atoms with Crippen molar-refractivity contribution in [2.24, 2.45) is 5.10 Å². The van der Waals surface area contributed by atoms with Gasteiger partial charge in [0, 0.05) is 14.9 Å². The number of rotatable bonds is 5. The quantitative estimate of drug-likeness (QED) is 0.458. The fourth-order valence-electron chi connectivity index (χ4n) is 1.76. The Balaban J connectivity index is 1.93. The highest BCUT2D eigenvalue weighted by Gasteiger charge is 2.14. The molecule has 2 aromatic carbocycles. The maximum absolute atomic E-state index is 12.1. The van der Waals surface area contributed by atoms with Gasteiger partial charge in [0.1, 0.15) is 0 Å². The molecule has 0 aliphatic heterocycles. The number of halogens is 2. The van der Waals surface area contributed by atoms with E-state index in [-0.39, 0.29) is 11.2 Å². The molecule has 2 aromatic rings. The lowest BCUT2D eigenvalue weighted by molar-refractivity contribution is -0.120. The van der Waals surface area contributed by atoms with Gasteiger partial charge >= 0.3 is 0 Å². The Morgan fingerprint density at radius 1 is 1.04 bits per heavy atom. The average Bonchev–Trinajstić information content (AvgIpc) is 2.55. The van der Waals surface area contributed by atoms with E-state index in [1.54, 1.807) is 24.3 Å². The van der Waals surface area contributed by atoms with Crippen molar-refractivity contribution in [2.45, 2.75) is 24.0 Å². The Labute approximate surface area is 150 Å². The third kappa shape index (κ3) is 5.57. The molecule has 2 rings (SSSR count). The lowest BCUT2D eigenvalue weighted by atomic mass is 10.1. The Morgan fingerprint density at radius 3 is 2.13 bits per heavy atom. The normalized spacial score (nSPS) is 12.8. The van der Waals surface area contributed by atoms with E-state index in [1.165, 1.54) is 11.8 Å². The number of nitrogens with zero attached hydrogens (tertiary/aromatic N) is 1. The topological polar surface area (TPSA) is 41.5 Å². The van der Waals surface area contributed by atoms with Crippen molar-refractivity contribution >= 4 is 46.6 Å². The molecule has 0 aliphatic rings. The van der Waals surface area contributed by atoms with Crippen LogP contribution in [0, 0.1) is 0 Å². The van der Waals surface area contributed by atoms with Crippen molar-refractivity contribution in [3.63, 3.8) is 0 Å². The van der Waals surface area contributed by atoms with E-state index in [1.807, 2.05) is 38.1 Å². The maximum atomic E-state index is 12.1. The summed E-state index contributed by atoms with van der Waals surface area (Å²) in [5.74, 6) is -0.154. The molecule has 0 spiro atoms. The van der Waals surface area contributed by atoms with Gasteiger partial charge in [-0.15, -0.1) is 11.8 Å². The molecule has 0 heterocycles. The van der Waals surface area contributed by atoms with Crippen LogP contribution >= 0.6 is 35.0 Å². The summed E-state index contributed by atoms with van der Waals surface area (Å²) in [5.41, 5.74) is 4.23. The minimum Gasteiger partial charge on any atom is -0.272 e. The molecule has 0 aliphatic carbocycles. The Bertz CT molecular complexity index is 700. The first-order valence-electron chi connectivity index (χ1n) is 6.98. The summed E-state index contributed by atoms with van der Waals surface area (Å²) in [6.07, 6.45) is 0. The zero-order valence-corrected chi connectivity index (χ0v) is 15.0. The molecule has 0 fully saturated rings. The van der Waals surface area contributed by atoms with E-state index in [0.717, 1.165) is 16.2 Å². The van der Waals surface area contributed by atoms with Gasteiger partial charge in [-0.1, -0.05) is 35.3 Å². The van der Waals surface area contributed by atoms with Crippen LogP contribution in [0.25, 0.3) is 0 Å². The fourth-order valence-corrected chi connectivity index (χ4v) is 2.87. The van der Waals surface area contributed by atoms with Crippen LogP contribution in [-0.4, -0.2) is 16.9 Å². The molecule has 1 amide bonds. The number of carbonyl (C=O) groups is 1. The minimum atomic E-state index is -0.266. The second kappa shape index (κ2) is 8.39. The van der Waals surface area contributed by atoms with E-state index in [0.29, 0.717) is 10.0 Å². The van der Waals surface area contributed by atoms with E-state index in [4.69, 9.17) is 23.2 Å². The molecule has 0 saturated heterocycles. The van der Waals surface area contributed by atoms with Crippen LogP contribution in [0.1, 0.15) is 19.4 Å². The van der Waals surface area contributed by atoms with Gasteiger partial charge in [-0.2, -0.15) is 5.10 Å². The standard InChI is InChI=1S/C17H16Cl2N2OS/c1-11(13-3-5-14(18)6-4-13)20-21-17(22)12(2)23-16-9-7-15(19)8-10-16/h3-10,12H,1-2H3,(H,21,22)/b20-11-/t12-/m1/s1. The Kier molecular flexibility index (Phi) is 6.51. The maximum Gasteiger partial charge on any atom is 0.253 e. The molecule has 3 nitrogen and oxygen atoms in total. The van der Waals surface area contributed by atoms with Crippen LogP contribution in [-0.2, 0) is 4.79 Å². The van der Waals surface area contributed by atoms with Gasteiger partial charge in [0.25, 0.3) is 5.91 Å². The van der Waals surface area contributed by atoms with Gasteiger partial charge in [-0.3, -0.25) is 4.79 Å². The number of hydrogen-bond acceptors (Lipinski definition) is 3.